The van der Waals surface area contributed by atoms with E-state index in [9.17, 15) is 10.2 Å². The zero-order valence-corrected chi connectivity index (χ0v) is 12.8. The van der Waals surface area contributed by atoms with Crippen molar-refractivity contribution in [1.29, 1.82) is 0 Å². The van der Waals surface area contributed by atoms with Gasteiger partial charge in [0.2, 0.25) is 5.75 Å². The third-order valence-corrected chi connectivity index (χ3v) is 4.06. The van der Waals surface area contributed by atoms with Crippen LogP contribution in [-0.2, 0) is 12.8 Å². The average Bonchev–Trinajstić information content (AvgIpc) is 2.53. The van der Waals surface area contributed by atoms with Gasteiger partial charge in [0.15, 0.2) is 23.0 Å². The number of hydrogen-bond acceptors (Lipinski definition) is 5. The molecule has 0 radical (unpaired) electrons. The van der Waals surface area contributed by atoms with Gasteiger partial charge < -0.3 is 24.4 Å². The SMILES string of the molecule is COc1cc2c(cc1O)CCc1cc(OC)c(OC)c(O)c1-2. The topological polar surface area (TPSA) is 68.2 Å². The van der Waals surface area contributed by atoms with E-state index in [4.69, 9.17) is 14.2 Å². The second kappa shape index (κ2) is 5.33. The molecule has 0 heterocycles. The molecule has 0 saturated carbocycles. The molecule has 1 aliphatic carbocycles. The molecule has 0 amide bonds. The highest BCUT2D eigenvalue weighted by atomic mass is 16.5. The van der Waals surface area contributed by atoms with Crippen molar-refractivity contribution >= 4 is 0 Å². The predicted octanol–water partition coefficient (Wildman–Crippen LogP) is 2.89. The molecule has 0 aliphatic heterocycles. The van der Waals surface area contributed by atoms with Crippen molar-refractivity contribution < 1.29 is 24.4 Å². The summed E-state index contributed by atoms with van der Waals surface area (Å²) in [7, 11) is 4.53. The van der Waals surface area contributed by atoms with Gasteiger partial charge in [0.05, 0.1) is 21.3 Å². The highest BCUT2D eigenvalue weighted by Gasteiger charge is 2.26. The molecule has 2 aromatic carbocycles. The van der Waals surface area contributed by atoms with Gasteiger partial charge in [-0.25, -0.2) is 0 Å². The number of methoxy groups -OCH3 is 3. The fourth-order valence-electron chi connectivity index (χ4n) is 3.01. The highest BCUT2D eigenvalue weighted by molar-refractivity contribution is 5.84. The standard InChI is InChI=1S/C17H18O5/c1-20-13-8-11-9(6-12(13)18)4-5-10-7-14(21-2)17(22-3)16(19)15(10)11/h6-8,18-19H,4-5H2,1-3H3. The van der Waals surface area contributed by atoms with E-state index < -0.39 is 0 Å². The van der Waals surface area contributed by atoms with Crippen LogP contribution < -0.4 is 14.2 Å². The van der Waals surface area contributed by atoms with Crippen LogP contribution in [0.2, 0.25) is 0 Å². The Morgan fingerprint density at radius 3 is 2.14 bits per heavy atom. The second-order valence-corrected chi connectivity index (χ2v) is 5.18. The zero-order chi connectivity index (χ0) is 15.9. The maximum atomic E-state index is 10.6. The summed E-state index contributed by atoms with van der Waals surface area (Å²) in [5.74, 6) is 1.34. The smallest absolute Gasteiger partial charge is 0.203 e. The van der Waals surface area contributed by atoms with Crippen LogP contribution in [0.1, 0.15) is 11.1 Å². The maximum Gasteiger partial charge on any atom is 0.203 e. The van der Waals surface area contributed by atoms with Gasteiger partial charge in [-0.15, -0.1) is 0 Å². The van der Waals surface area contributed by atoms with Gasteiger partial charge in [-0.3, -0.25) is 0 Å². The normalized spacial score (nSPS) is 12.3. The molecule has 3 rings (SSSR count). The molecule has 5 nitrogen and oxygen atoms in total. The van der Waals surface area contributed by atoms with E-state index in [1.54, 1.807) is 19.2 Å². The predicted molar refractivity (Wildman–Crippen MR) is 82.3 cm³/mol. The lowest BCUT2D eigenvalue weighted by Crippen LogP contribution is -2.06. The summed E-state index contributed by atoms with van der Waals surface area (Å²) in [6.07, 6.45) is 1.52. The van der Waals surface area contributed by atoms with Crippen molar-refractivity contribution in [2.75, 3.05) is 21.3 Å². The van der Waals surface area contributed by atoms with Crippen molar-refractivity contribution in [2.45, 2.75) is 12.8 Å². The van der Waals surface area contributed by atoms with Gasteiger partial charge in [-0.1, -0.05) is 0 Å². The van der Waals surface area contributed by atoms with Crippen molar-refractivity contribution in [3.05, 3.63) is 29.3 Å². The minimum Gasteiger partial charge on any atom is -0.504 e. The Hall–Kier alpha value is -2.56. The number of phenols is 2. The quantitative estimate of drug-likeness (QED) is 0.912. The lowest BCUT2D eigenvalue weighted by Gasteiger charge is -2.24. The molecule has 0 spiro atoms. The summed E-state index contributed by atoms with van der Waals surface area (Å²) in [6.45, 7) is 0. The first-order chi connectivity index (χ1) is 10.6. The van der Waals surface area contributed by atoms with Gasteiger partial charge in [0.1, 0.15) is 0 Å². The Kier molecular flexibility index (Phi) is 3.48. The van der Waals surface area contributed by atoms with E-state index in [-0.39, 0.29) is 11.5 Å². The molecular weight excluding hydrogens is 284 g/mol. The molecule has 0 unspecified atom stereocenters. The molecular formula is C17H18O5. The fraction of sp³-hybridized carbons (Fsp3) is 0.294. The molecule has 22 heavy (non-hydrogen) atoms. The number of benzene rings is 2. The van der Waals surface area contributed by atoms with Gasteiger partial charge >= 0.3 is 0 Å². The van der Waals surface area contributed by atoms with Crippen LogP contribution in [0.5, 0.6) is 28.7 Å². The van der Waals surface area contributed by atoms with Crippen molar-refractivity contribution in [1.82, 2.24) is 0 Å². The Morgan fingerprint density at radius 2 is 1.50 bits per heavy atom. The Bertz CT molecular complexity index is 737. The molecule has 0 saturated heterocycles. The van der Waals surface area contributed by atoms with Gasteiger partial charge in [0, 0.05) is 5.56 Å². The summed E-state index contributed by atoms with van der Waals surface area (Å²) in [6, 6.07) is 5.32. The van der Waals surface area contributed by atoms with Gasteiger partial charge in [-0.2, -0.15) is 0 Å². The monoisotopic (exact) mass is 302 g/mol. The maximum absolute atomic E-state index is 10.6. The molecule has 0 fully saturated rings. The largest absolute Gasteiger partial charge is 0.504 e. The lowest BCUT2D eigenvalue weighted by atomic mass is 9.84. The van der Waals surface area contributed by atoms with E-state index >= 15 is 0 Å². The summed E-state index contributed by atoms with van der Waals surface area (Å²) in [5, 5.41) is 20.6. The Morgan fingerprint density at radius 1 is 0.818 bits per heavy atom. The molecule has 1 aliphatic rings. The number of phenolic OH excluding ortho intramolecular Hbond substituents is 2. The van der Waals surface area contributed by atoms with Crippen molar-refractivity contribution in [2.24, 2.45) is 0 Å². The van der Waals surface area contributed by atoms with Crippen LogP contribution in [0.15, 0.2) is 18.2 Å². The number of hydrogen-bond donors (Lipinski definition) is 2. The van der Waals surface area contributed by atoms with E-state index in [0.717, 1.165) is 29.5 Å². The minimum absolute atomic E-state index is 0.0468. The molecule has 5 heteroatoms. The Balaban J connectivity index is 2.29. The average molecular weight is 302 g/mol. The molecule has 2 aromatic rings. The number of rotatable bonds is 3. The van der Waals surface area contributed by atoms with Crippen LogP contribution in [0, 0.1) is 0 Å². The van der Waals surface area contributed by atoms with E-state index in [0.29, 0.717) is 22.8 Å². The number of fused-ring (bicyclic) bond motifs is 3. The van der Waals surface area contributed by atoms with Crippen LogP contribution in [0.4, 0.5) is 0 Å². The lowest BCUT2D eigenvalue weighted by molar-refractivity contribution is 0.333. The third-order valence-electron chi connectivity index (χ3n) is 4.06. The van der Waals surface area contributed by atoms with E-state index in [2.05, 4.69) is 0 Å². The molecule has 116 valence electrons. The molecule has 0 bridgehead atoms. The second-order valence-electron chi connectivity index (χ2n) is 5.18. The van der Waals surface area contributed by atoms with Crippen LogP contribution >= 0.6 is 0 Å². The van der Waals surface area contributed by atoms with Gasteiger partial charge in [-0.05, 0) is 47.7 Å². The first-order valence-electron chi connectivity index (χ1n) is 6.97. The summed E-state index contributed by atoms with van der Waals surface area (Å²) in [5.41, 5.74) is 3.50. The number of aromatic hydroxyl groups is 2. The van der Waals surface area contributed by atoms with E-state index in [1.165, 1.54) is 14.2 Å². The number of aryl methyl sites for hydroxylation is 2. The van der Waals surface area contributed by atoms with Crippen LogP contribution in [0.3, 0.4) is 0 Å². The third kappa shape index (κ3) is 2.01. The van der Waals surface area contributed by atoms with Crippen LogP contribution in [-0.4, -0.2) is 31.5 Å². The summed E-state index contributed by atoms with van der Waals surface area (Å²) < 4.78 is 15.7. The fourth-order valence-corrected chi connectivity index (χ4v) is 3.01. The van der Waals surface area contributed by atoms with E-state index in [1.807, 2.05) is 6.07 Å². The molecule has 2 N–H and O–H groups in total. The zero-order valence-electron chi connectivity index (χ0n) is 12.8. The first-order valence-corrected chi connectivity index (χ1v) is 6.97. The highest BCUT2D eigenvalue weighted by Crippen LogP contribution is 2.50. The molecule has 0 atom stereocenters. The first kappa shape index (κ1) is 14.4. The number of ether oxygens (including phenoxy) is 3. The minimum atomic E-state index is 0.0468. The summed E-state index contributed by atoms with van der Waals surface area (Å²) >= 11 is 0. The van der Waals surface area contributed by atoms with Crippen LogP contribution in [0.25, 0.3) is 11.1 Å². The van der Waals surface area contributed by atoms with Gasteiger partial charge in [0.25, 0.3) is 0 Å². The summed E-state index contributed by atoms with van der Waals surface area (Å²) in [4.78, 5) is 0. The Labute approximate surface area is 128 Å². The van der Waals surface area contributed by atoms with Crippen molar-refractivity contribution in [3.63, 3.8) is 0 Å². The molecule has 0 aromatic heterocycles. The van der Waals surface area contributed by atoms with Crippen molar-refractivity contribution in [3.8, 4) is 39.9 Å².